The van der Waals surface area contributed by atoms with Gasteiger partial charge in [-0.1, -0.05) is 41.6 Å². The Hall–Kier alpha value is -3.54. The highest BCUT2D eigenvalue weighted by atomic mass is 16.5. The minimum atomic E-state index is -0.303. The summed E-state index contributed by atoms with van der Waals surface area (Å²) in [4.78, 5) is 13.5. The number of benzene rings is 2. The van der Waals surface area contributed by atoms with E-state index >= 15 is 0 Å². The van der Waals surface area contributed by atoms with E-state index in [2.05, 4.69) is 22.6 Å². The molecule has 1 aromatic heterocycles. The lowest BCUT2D eigenvalue weighted by atomic mass is 9.72. The number of allylic oxidation sites excluding steroid dienone is 2. The van der Waals surface area contributed by atoms with E-state index in [1.54, 1.807) is 14.2 Å². The van der Waals surface area contributed by atoms with E-state index in [1.165, 1.54) is 5.56 Å². The van der Waals surface area contributed by atoms with Gasteiger partial charge in [-0.05, 0) is 30.9 Å². The highest BCUT2D eigenvalue weighted by Gasteiger charge is 2.42. The number of carbonyl (C=O) groups excluding carboxylic acids is 1. The number of fused-ring (bicyclic) bond motifs is 1. The second kappa shape index (κ2) is 7.61. The van der Waals surface area contributed by atoms with Gasteiger partial charge in [-0.3, -0.25) is 4.79 Å². The fraction of sp³-hybridized carbons (Fsp3) is 0.280. The Morgan fingerprint density at radius 1 is 1.06 bits per heavy atom. The van der Waals surface area contributed by atoms with Gasteiger partial charge in [0.15, 0.2) is 5.78 Å². The molecule has 0 fully saturated rings. The van der Waals surface area contributed by atoms with E-state index in [0.717, 1.165) is 34.5 Å². The van der Waals surface area contributed by atoms with Crippen LogP contribution in [-0.2, 0) is 4.79 Å². The van der Waals surface area contributed by atoms with E-state index < -0.39 is 0 Å². The number of methoxy groups -OCH3 is 2. The number of hydrogen-bond donors (Lipinski definition) is 1. The topological polar surface area (TPSA) is 73.6 Å². The second-order valence-corrected chi connectivity index (χ2v) is 8.01. The fourth-order valence-electron chi connectivity index (χ4n) is 4.80. The minimum absolute atomic E-state index is 0.129. The van der Waals surface area contributed by atoms with Crippen LogP contribution in [-0.4, -0.2) is 25.2 Å². The summed E-state index contributed by atoms with van der Waals surface area (Å²) in [6.07, 6.45) is 1.21. The van der Waals surface area contributed by atoms with Crippen LogP contribution >= 0.6 is 0 Å². The first-order chi connectivity index (χ1) is 15.1. The van der Waals surface area contributed by atoms with Gasteiger partial charge in [-0.15, -0.1) is 0 Å². The van der Waals surface area contributed by atoms with Crippen LogP contribution < -0.4 is 14.8 Å². The molecule has 1 aliphatic heterocycles. The Balaban J connectivity index is 1.66. The van der Waals surface area contributed by atoms with E-state index in [9.17, 15) is 4.79 Å². The first-order valence-electron chi connectivity index (χ1n) is 10.4. The van der Waals surface area contributed by atoms with Gasteiger partial charge in [-0.2, -0.15) is 0 Å². The van der Waals surface area contributed by atoms with Crippen molar-refractivity contribution in [2.24, 2.45) is 0 Å². The van der Waals surface area contributed by atoms with Crippen molar-refractivity contribution in [3.8, 4) is 11.5 Å². The highest BCUT2D eigenvalue weighted by Crippen LogP contribution is 2.51. The summed E-state index contributed by atoms with van der Waals surface area (Å²) in [5, 5.41) is 7.56. The third-order valence-electron chi connectivity index (χ3n) is 6.28. The summed E-state index contributed by atoms with van der Waals surface area (Å²) >= 11 is 0. The first-order valence-corrected chi connectivity index (χ1v) is 10.4. The Morgan fingerprint density at radius 3 is 2.61 bits per heavy atom. The van der Waals surface area contributed by atoms with Crippen LogP contribution in [0.5, 0.6) is 11.5 Å². The van der Waals surface area contributed by atoms with Crippen molar-refractivity contribution in [2.75, 3.05) is 19.5 Å². The Labute approximate surface area is 180 Å². The van der Waals surface area contributed by atoms with Crippen molar-refractivity contribution >= 4 is 11.7 Å². The van der Waals surface area contributed by atoms with Gasteiger partial charge < -0.3 is 19.3 Å². The Morgan fingerprint density at radius 2 is 1.87 bits per heavy atom. The molecule has 0 amide bonds. The monoisotopic (exact) mass is 416 g/mol. The van der Waals surface area contributed by atoms with E-state index in [0.29, 0.717) is 23.8 Å². The molecule has 1 N–H and O–H groups in total. The molecule has 31 heavy (non-hydrogen) atoms. The summed E-state index contributed by atoms with van der Waals surface area (Å²) in [5.41, 5.74) is 5.38. The maximum Gasteiger partial charge on any atom is 0.233 e. The van der Waals surface area contributed by atoms with Crippen LogP contribution in [0, 0.1) is 6.92 Å². The quantitative estimate of drug-likeness (QED) is 0.648. The average molecular weight is 416 g/mol. The molecule has 0 bridgehead atoms. The number of anilines is 1. The number of ether oxygens (including phenoxy) is 2. The number of nitrogens with zero attached hydrogens (tertiary/aromatic N) is 1. The van der Waals surface area contributed by atoms with Gasteiger partial charge in [0.2, 0.25) is 5.88 Å². The Bertz CT molecular complexity index is 1180. The summed E-state index contributed by atoms with van der Waals surface area (Å²) in [6.45, 7) is 1.90. The maximum absolute atomic E-state index is 13.5. The number of aryl methyl sites for hydroxylation is 1. The van der Waals surface area contributed by atoms with E-state index in [1.807, 2.05) is 43.3 Å². The van der Waals surface area contributed by atoms with Crippen molar-refractivity contribution < 1.29 is 18.8 Å². The largest absolute Gasteiger partial charge is 0.497 e. The molecule has 0 unspecified atom stereocenters. The third kappa shape index (κ3) is 3.19. The smallest absolute Gasteiger partial charge is 0.233 e. The van der Waals surface area contributed by atoms with Crippen LogP contribution in [0.1, 0.15) is 47.1 Å². The minimum Gasteiger partial charge on any atom is -0.497 e. The highest BCUT2D eigenvalue weighted by molar-refractivity contribution is 6.01. The molecule has 2 atom stereocenters. The molecule has 0 radical (unpaired) electrons. The molecule has 6 nitrogen and oxygen atoms in total. The molecule has 0 saturated carbocycles. The fourth-order valence-corrected chi connectivity index (χ4v) is 4.80. The maximum atomic E-state index is 13.5. The molecular formula is C25H24N2O4. The van der Waals surface area contributed by atoms with E-state index in [-0.39, 0.29) is 17.6 Å². The molecule has 0 saturated heterocycles. The van der Waals surface area contributed by atoms with Crippen LogP contribution in [0.3, 0.4) is 0 Å². The van der Waals surface area contributed by atoms with Gasteiger partial charge in [-0.25, -0.2) is 0 Å². The molecule has 2 aliphatic rings. The average Bonchev–Trinajstić information content (AvgIpc) is 3.18. The van der Waals surface area contributed by atoms with Gasteiger partial charge in [0.05, 0.1) is 31.4 Å². The molecule has 0 spiro atoms. The number of rotatable bonds is 4. The second-order valence-electron chi connectivity index (χ2n) is 8.01. The lowest BCUT2D eigenvalue weighted by molar-refractivity contribution is -0.116. The summed E-state index contributed by atoms with van der Waals surface area (Å²) < 4.78 is 16.7. The summed E-state index contributed by atoms with van der Waals surface area (Å²) in [7, 11) is 3.25. The first kappa shape index (κ1) is 19.4. The molecule has 1 aliphatic carbocycles. The zero-order chi connectivity index (χ0) is 21.5. The predicted molar refractivity (Wildman–Crippen MR) is 117 cm³/mol. The SMILES string of the molecule is COc1ccc([C@H]2C3=C(C[C@H](c4ccccc4)CC3=O)Nc3onc(C)c32)c(OC)c1. The van der Waals surface area contributed by atoms with Gasteiger partial charge in [0.1, 0.15) is 11.5 Å². The molecule has 5 rings (SSSR count). The lowest BCUT2D eigenvalue weighted by Gasteiger charge is -2.35. The molecule has 158 valence electrons. The molecule has 2 aromatic carbocycles. The van der Waals surface area contributed by atoms with Crippen molar-refractivity contribution in [3.63, 3.8) is 0 Å². The van der Waals surface area contributed by atoms with Crippen LogP contribution in [0.25, 0.3) is 0 Å². The zero-order valence-electron chi connectivity index (χ0n) is 17.8. The van der Waals surface area contributed by atoms with E-state index in [4.69, 9.17) is 14.0 Å². The number of aromatic nitrogens is 1. The standard InChI is InChI=1S/C25H24N2O4/c1-14-22-23(18-10-9-17(29-2)13-21(18)30-3)24-19(26-25(22)31-27-14)11-16(12-20(24)28)15-7-5-4-6-8-15/h4-10,13,16,23,26H,11-12H2,1-3H3/t16-,23+/m0/s1. The number of ketones is 1. The number of hydrogen-bond acceptors (Lipinski definition) is 6. The lowest BCUT2D eigenvalue weighted by Crippen LogP contribution is -2.29. The number of carbonyl (C=O) groups is 1. The van der Waals surface area contributed by atoms with Gasteiger partial charge in [0.25, 0.3) is 0 Å². The third-order valence-corrected chi connectivity index (χ3v) is 6.28. The molecule has 2 heterocycles. The predicted octanol–water partition coefficient (Wildman–Crippen LogP) is 4.96. The van der Waals surface area contributed by atoms with Crippen molar-refractivity contribution in [1.29, 1.82) is 0 Å². The summed E-state index contributed by atoms with van der Waals surface area (Å²) in [6, 6.07) is 15.9. The van der Waals surface area contributed by atoms with Crippen molar-refractivity contribution in [1.82, 2.24) is 5.16 Å². The normalized spacial score (nSPS) is 20.0. The molecular weight excluding hydrogens is 392 g/mol. The molecule has 6 heteroatoms. The van der Waals surface area contributed by atoms with Gasteiger partial charge in [0, 0.05) is 29.3 Å². The Kier molecular flexibility index (Phi) is 4.77. The van der Waals surface area contributed by atoms with Crippen LogP contribution in [0.15, 0.2) is 64.3 Å². The van der Waals surface area contributed by atoms with Gasteiger partial charge >= 0.3 is 0 Å². The van der Waals surface area contributed by atoms with Crippen molar-refractivity contribution in [3.05, 3.63) is 82.2 Å². The summed E-state index contributed by atoms with van der Waals surface area (Å²) in [5.74, 6) is 1.93. The number of Topliss-reactive ketones (excluding diaryl/α,β-unsaturated/α-hetero) is 1. The van der Waals surface area contributed by atoms with Crippen molar-refractivity contribution in [2.45, 2.75) is 31.6 Å². The molecule has 3 aromatic rings. The zero-order valence-corrected chi connectivity index (χ0v) is 17.8. The van der Waals surface area contributed by atoms with Crippen LogP contribution in [0.4, 0.5) is 5.88 Å². The number of nitrogens with one attached hydrogen (secondary N) is 1. The van der Waals surface area contributed by atoms with Crippen LogP contribution in [0.2, 0.25) is 0 Å².